The second-order valence-corrected chi connectivity index (χ2v) is 6.89. The number of carbonyl (C=O) groups is 1. The number of ether oxygens (including phenoxy) is 1. The predicted molar refractivity (Wildman–Crippen MR) is 103 cm³/mol. The number of amides is 1. The van der Waals surface area contributed by atoms with Gasteiger partial charge in [0.05, 0.1) is 12.3 Å². The summed E-state index contributed by atoms with van der Waals surface area (Å²) < 4.78 is 7.77. The summed E-state index contributed by atoms with van der Waals surface area (Å²) in [5, 5.41) is 4.09. The molecule has 0 atom stereocenters. The molecule has 3 rings (SSSR count). The van der Waals surface area contributed by atoms with Gasteiger partial charge in [0.1, 0.15) is 12.4 Å². The lowest BCUT2D eigenvalue weighted by atomic mass is 10.2. The lowest BCUT2D eigenvalue weighted by Crippen LogP contribution is -2.29. The second-order valence-electron chi connectivity index (χ2n) is 5.87. The molecule has 1 N–H and O–H groups in total. The minimum absolute atomic E-state index is 0.0197. The second kappa shape index (κ2) is 8.12. The van der Waals surface area contributed by atoms with Crippen LogP contribution in [0.15, 0.2) is 59.6 Å². The van der Waals surface area contributed by atoms with Crippen molar-refractivity contribution in [3.05, 3.63) is 60.3 Å². The van der Waals surface area contributed by atoms with Crippen LogP contribution in [-0.2, 0) is 11.8 Å². The molecule has 0 saturated heterocycles. The Kier molecular flexibility index (Phi) is 5.66. The van der Waals surface area contributed by atoms with Gasteiger partial charge in [-0.1, -0.05) is 36.4 Å². The van der Waals surface area contributed by atoms with Crippen LogP contribution in [-0.4, -0.2) is 29.4 Å². The van der Waals surface area contributed by atoms with Crippen LogP contribution in [0.25, 0.3) is 10.9 Å². The molecule has 130 valence electrons. The number of carbonyl (C=O) groups excluding carboxylic acids is 1. The van der Waals surface area contributed by atoms with E-state index < -0.39 is 0 Å². The van der Waals surface area contributed by atoms with E-state index in [0.717, 1.165) is 16.2 Å². The summed E-state index contributed by atoms with van der Waals surface area (Å²) >= 11 is 1.56. The molecule has 2 aromatic carbocycles. The number of hydrogen-bond acceptors (Lipinski definition) is 3. The molecule has 0 aliphatic rings. The molecule has 1 amide bonds. The topological polar surface area (TPSA) is 43.3 Å². The third-order valence-electron chi connectivity index (χ3n) is 3.99. The van der Waals surface area contributed by atoms with Crippen LogP contribution in [0.4, 0.5) is 0 Å². The molecular weight excluding hydrogens is 332 g/mol. The van der Waals surface area contributed by atoms with Crippen molar-refractivity contribution in [2.45, 2.75) is 11.8 Å². The van der Waals surface area contributed by atoms with E-state index in [1.54, 1.807) is 11.8 Å². The Hall–Kier alpha value is -2.40. The van der Waals surface area contributed by atoms with Gasteiger partial charge in [-0.05, 0) is 24.6 Å². The summed E-state index contributed by atoms with van der Waals surface area (Å²) in [6.45, 7) is 2.98. The fraction of sp³-hybridized carbons (Fsp3) is 0.250. The number of aryl methyl sites for hydroxylation is 2. The van der Waals surface area contributed by atoms with Crippen molar-refractivity contribution < 1.29 is 9.53 Å². The van der Waals surface area contributed by atoms with Crippen molar-refractivity contribution in [2.24, 2.45) is 7.05 Å². The van der Waals surface area contributed by atoms with Crippen LogP contribution in [0.2, 0.25) is 0 Å². The van der Waals surface area contributed by atoms with E-state index in [2.05, 4.69) is 28.2 Å². The molecule has 0 saturated carbocycles. The van der Waals surface area contributed by atoms with E-state index in [1.165, 1.54) is 10.9 Å². The first kappa shape index (κ1) is 17.4. The van der Waals surface area contributed by atoms with Gasteiger partial charge in [-0.2, -0.15) is 0 Å². The standard InChI is InChI=1S/C20H22N2O2S/c1-15-7-3-6-10-18(15)24-12-11-21-20(23)14-25-19-13-22(2)17-9-5-4-8-16(17)19/h3-10,13H,11-12,14H2,1-2H3,(H,21,23). The number of fused-ring (bicyclic) bond motifs is 1. The quantitative estimate of drug-likeness (QED) is 0.519. The fourth-order valence-corrected chi connectivity index (χ4v) is 3.63. The Balaban J connectivity index is 1.44. The van der Waals surface area contributed by atoms with Crippen LogP contribution in [0.1, 0.15) is 5.56 Å². The number of hydrogen-bond donors (Lipinski definition) is 1. The van der Waals surface area contributed by atoms with Gasteiger partial charge in [0.15, 0.2) is 0 Å². The number of rotatable bonds is 7. The number of para-hydroxylation sites is 2. The molecule has 1 aromatic heterocycles. The van der Waals surface area contributed by atoms with Gasteiger partial charge in [0.25, 0.3) is 0 Å². The zero-order chi connectivity index (χ0) is 17.6. The summed E-state index contributed by atoms with van der Waals surface area (Å²) in [7, 11) is 2.02. The van der Waals surface area contributed by atoms with E-state index in [9.17, 15) is 4.79 Å². The summed E-state index contributed by atoms with van der Waals surface area (Å²) in [6, 6.07) is 16.1. The molecule has 3 aromatic rings. The maximum atomic E-state index is 12.0. The first-order chi connectivity index (χ1) is 12.1. The van der Waals surface area contributed by atoms with Gasteiger partial charge in [-0.3, -0.25) is 4.79 Å². The van der Waals surface area contributed by atoms with E-state index in [-0.39, 0.29) is 5.91 Å². The number of thioether (sulfide) groups is 1. The molecule has 0 aliphatic carbocycles. The lowest BCUT2D eigenvalue weighted by Gasteiger charge is -2.09. The maximum absolute atomic E-state index is 12.0. The van der Waals surface area contributed by atoms with Crippen molar-refractivity contribution in [3.63, 3.8) is 0 Å². The SMILES string of the molecule is Cc1ccccc1OCCNC(=O)CSc1cn(C)c2ccccc12. The highest BCUT2D eigenvalue weighted by Crippen LogP contribution is 2.29. The molecule has 25 heavy (non-hydrogen) atoms. The molecule has 0 aliphatic heterocycles. The smallest absolute Gasteiger partial charge is 0.230 e. The minimum atomic E-state index is 0.0197. The van der Waals surface area contributed by atoms with Crippen molar-refractivity contribution in [3.8, 4) is 5.75 Å². The summed E-state index contributed by atoms with van der Waals surface area (Å²) in [6.07, 6.45) is 2.07. The average molecular weight is 354 g/mol. The lowest BCUT2D eigenvalue weighted by molar-refractivity contribution is -0.118. The minimum Gasteiger partial charge on any atom is -0.491 e. The molecule has 0 bridgehead atoms. The first-order valence-electron chi connectivity index (χ1n) is 8.27. The van der Waals surface area contributed by atoms with Crippen LogP contribution in [0, 0.1) is 6.92 Å². The molecule has 1 heterocycles. The van der Waals surface area contributed by atoms with Gasteiger partial charge in [0.2, 0.25) is 5.91 Å². The van der Waals surface area contributed by atoms with Crippen molar-refractivity contribution >= 4 is 28.6 Å². The summed E-state index contributed by atoms with van der Waals surface area (Å²) in [5.74, 6) is 1.28. The van der Waals surface area contributed by atoms with Gasteiger partial charge in [-0.15, -0.1) is 11.8 Å². The number of nitrogens with one attached hydrogen (secondary N) is 1. The van der Waals surface area contributed by atoms with Gasteiger partial charge in [-0.25, -0.2) is 0 Å². The molecule has 0 radical (unpaired) electrons. The van der Waals surface area contributed by atoms with Crippen molar-refractivity contribution in [1.29, 1.82) is 0 Å². The van der Waals surface area contributed by atoms with Crippen LogP contribution >= 0.6 is 11.8 Å². The predicted octanol–water partition coefficient (Wildman–Crippen LogP) is 3.77. The van der Waals surface area contributed by atoms with Crippen LogP contribution < -0.4 is 10.1 Å². The highest BCUT2D eigenvalue weighted by molar-refractivity contribution is 8.00. The Bertz CT molecular complexity index is 873. The Morgan fingerprint density at radius 1 is 1.16 bits per heavy atom. The average Bonchev–Trinajstić information content (AvgIpc) is 2.95. The zero-order valence-corrected chi connectivity index (χ0v) is 15.3. The Morgan fingerprint density at radius 2 is 1.92 bits per heavy atom. The number of aromatic nitrogens is 1. The highest BCUT2D eigenvalue weighted by atomic mass is 32.2. The van der Waals surface area contributed by atoms with Crippen LogP contribution in [0.5, 0.6) is 5.75 Å². The zero-order valence-electron chi connectivity index (χ0n) is 14.5. The normalized spacial score (nSPS) is 10.8. The Labute approximate surface area is 152 Å². The molecule has 4 nitrogen and oxygen atoms in total. The van der Waals surface area contributed by atoms with E-state index >= 15 is 0 Å². The third kappa shape index (κ3) is 4.37. The molecular formula is C20H22N2O2S. The van der Waals surface area contributed by atoms with Crippen molar-refractivity contribution in [2.75, 3.05) is 18.9 Å². The number of nitrogens with zero attached hydrogens (tertiary/aromatic N) is 1. The van der Waals surface area contributed by atoms with Crippen LogP contribution in [0.3, 0.4) is 0 Å². The van der Waals surface area contributed by atoms with Gasteiger partial charge in [0, 0.05) is 29.0 Å². The van der Waals surface area contributed by atoms with E-state index in [4.69, 9.17) is 4.74 Å². The van der Waals surface area contributed by atoms with Gasteiger partial charge < -0.3 is 14.6 Å². The largest absolute Gasteiger partial charge is 0.491 e. The number of benzene rings is 2. The summed E-state index contributed by atoms with van der Waals surface area (Å²) in [4.78, 5) is 13.2. The van der Waals surface area contributed by atoms with E-state index in [1.807, 2.05) is 50.4 Å². The third-order valence-corrected chi connectivity index (χ3v) is 5.04. The summed E-state index contributed by atoms with van der Waals surface area (Å²) in [5.41, 5.74) is 2.28. The molecule has 5 heteroatoms. The van der Waals surface area contributed by atoms with Gasteiger partial charge >= 0.3 is 0 Å². The monoisotopic (exact) mass is 354 g/mol. The maximum Gasteiger partial charge on any atom is 0.230 e. The van der Waals surface area contributed by atoms with E-state index in [0.29, 0.717) is 18.9 Å². The molecule has 0 spiro atoms. The highest BCUT2D eigenvalue weighted by Gasteiger charge is 2.09. The Morgan fingerprint density at radius 3 is 2.76 bits per heavy atom. The fourth-order valence-electron chi connectivity index (χ4n) is 2.68. The van der Waals surface area contributed by atoms with Crippen molar-refractivity contribution in [1.82, 2.24) is 9.88 Å². The first-order valence-corrected chi connectivity index (χ1v) is 9.25. The molecule has 0 unspecified atom stereocenters. The molecule has 0 fully saturated rings.